The van der Waals surface area contributed by atoms with Crippen molar-refractivity contribution in [3.63, 3.8) is 0 Å². The van der Waals surface area contributed by atoms with Gasteiger partial charge in [0, 0.05) is 25.1 Å². The smallest absolute Gasteiger partial charge is 0.220 e. The van der Waals surface area contributed by atoms with Gasteiger partial charge >= 0.3 is 0 Å². The molecular formula is C17H24N4O2. The first-order valence-corrected chi connectivity index (χ1v) is 7.97. The first kappa shape index (κ1) is 17.1. The van der Waals surface area contributed by atoms with E-state index in [2.05, 4.69) is 15.5 Å². The van der Waals surface area contributed by atoms with Gasteiger partial charge < -0.3 is 10.4 Å². The van der Waals surface area contributed by atoms with Gasteiger partial charge in [0.15, 0.2) is 0 Å². The second-order valence-corrected chi connectivity index (χ2v) is 5.90. The molecule has 0 radical (unpaired) electrons. The summed E-state index contributed by atoms with van der Waals surface area (Å²) >= 11 is 0. The van der Waals surface area contributed by atoms with E-state index >= 15 is 0 Å². The molecule has 0 bridgehead atoms. The van der Waals surface area contributed by atoms with E-state index in [1.807, 2.05) is 48.7 Å². The number of hydrogen-bond donors (Lipinski definition) is 2. The minimum atomic E-state index is -0.378. The number of para-hydroxylation sites is 1. The Hall–Kier alpha value is -2.21. The van der Waals surface area contributed by atoms with E-state index in [-0.39, 0.29) is 17.9 Å². The van der Waals surface area contributed by atoms with Crippen LogP contribution in [0.15, 0.2) is 36.7 Å². The van der Waals surface area contributed by atoms with Crippen molar-refractivity contribution in [2.75, 3.05) is 6.54 Å². The molecule has 0 saturated heterocycles. The fourth-order valence-corrected chi connectivity index (χ4v) is 2.24. The molecule has 2 aromatic rings. The van der Waals surface area contributed by atoms with Crippen LogP contribution in [0, 0.1) is 5.92 Å². The number of aliphatic hydroxyl groups excluding tert-OH is 1. The van der Waals surface area contributed by atoms with Gasteiger partial charge in [-0.25, -0.2) is 0 Å². The molecule has 6 heteroatoms. The summed E-state index contributed by atoms with van der Waals surface area (Å²) in [5, 5.41) is 20.6. The standard InChI is InChI=1S/C17H24N4O2/c1-13(2)15(22)10-11-18-17(23)9-8-16-20-19-12-21(16)14-6-4-3-5-7-14/h3-7,12-13,15,22H,8-11H2,1-2H3,(H,18,23). The van der Waals surface area contributed by atoms with Crippen LogP contribution in [-0.4, -0.2) is 38.4 Å². The molecule has 1 aromatic carbocycles. The number of amides is 1. The van der Waals surface area contributed by atoms with Crippen LogP contribution in [0.4, 0.5) is 0 Å². The quantitative estimate of drug-likeness (QED) is 0.777. The van der Waals surface area contributed by atoms with E-state index in [1.165, 1.54) is 0 Å². The first-order chi connectivity index (χ1) is 11.1. The highest BCUT2D eigenvalue weighted by atomic mass is 16.3. The monoisotopic (exact) mass is 316 g/mol. The summed E-state index contributed by atoms with van der Waals surface area (Å²) in [5.41, 5.74) is 0.980. The lowest BCUT2D eigenvalue weighted by Gasteiger charge is -2.14. The third-order valence-corrected chi connectivity index (χ3v) is 3.76. The average Bonchev–Trinajstić information content (AvgIpc) is 3.02. The Kier molecular flexibility index (Phi) is 6.29. The molecule has 2 rings (SSSR count). The van der Waals surface area contributed by atoms with Gasteiger partial charge in [-0.2, -0.15) is 0 Å². The van der Waals surface area contributed by atoms with E-state index < -0.39 is 0 Å². The lowest BCUT2D eigenvalue weighted by atomic mass is 10.0. The molecule has 6 nitrogen and oxygen atoms in total. The van der Waals surface area contributed by atoms with E-state index in [1.54, 1.807) is 6.33 Å². The van der Waals surface area contributed by atoms with Gasteiger partial charge in [-0.3, -0.25) is 9.36 Å². The number of carbonyl (C=O) groups is 1. The molecule has 0 aliphatic rings. The SMILES string of the molecule is CC(C)C(O)CCNC(=O)CCc1nncn1-c1ccccc1. The van der Waals surface area contributed by atoms with Crippen LogP contribution in [0.3, 0.4) is 0 Å². The zero-order valence-electron chi connectivity index (χ0n) is 13.6. The minimum absolute atomic E-state index is 0.0384. The predicted octanol–water partition coefficient (Wildman–Crippen LogP) is 1.72. The molecule has 1 amide bonds. The summed E-state index contributed by atoms with van der Waals surface area (Å²) in [6.45, 7) is 4.41. The third kappa shape index (κ3) is 5.17. The van der Waals surface area contributed by atoms with Crippen molar-refractivity contribution in [1.29, 1.82) is 0 Å². The van der Waals surface area contributed by atoms with Gasteiger partial charge in [0.1, 0.15) is 12.2 Å². The number of hydrogen-bond acceptors (Lipinski definition) is 4. The highest BCUT2D eigenvalue weighted by Crippen LogP contribution is 2.10. The Morgan fingerprint density at radius 1 is 1.30 bits per heavy atom. The second kappa shape index (κ2) is 8.43. The molecule has 23 heavy (non-hydrogen) atoms. The number of rotatable bonds is 8. The number of carbonyl (C=O) groups excluding carboxylic acids is 1. The van der Waals surface area contributed by atoms with E-state index in [9.17, 15) is 9.90 Å². The molecule has 1 atom stereocenters. The Labute approximate surface area is 136 Å². The average molecular weight is 316 g/mol. The lowest BCUT2D eigenvalue weighted by Crippen LogP contribution is -2.29. The van der Waals surface area contributed by atoms with Gasteiger partial charge in [-0.05, 0) is 24.5 Å². The molecular weight excluding hydrogens is 292 g/mol. The summed E-state index contributed by atoms with van der Waals surface area (Å²) < 4.78 is 1.88. The molecule has 0 aliphatic heterocycles. The molecule has 0 aliphatic carbocycles. The number of benzene rings is 1. The number of aryl methyl sites for hydroxylation is 1. The summed E-state index contributed by atoms with van der Waals surface area (Å²) in [7, 11) is 0. The Balaban J connectivity index is 1.81. The molecule has 1 unspecified atom stereocenters. The fourth-order valence-electron chi connectivity index (χ4n) is 2.24. The zero-order chi connectivity index (χ0) is 16.7. The molecule has 0 fully saturated rings. The van der Waals surface area contributed by atoms with Gasteiger partial charge in [-0.1, -0.05) is 32.0 Å². The fraction of sp³-hybridized carbons (Fsp3) is 0.471. The van der Waals surface area contributed by atoms with Crippen molar-refractivity contribution >= 4 is 5.91 Å². The Bertz CT molecular complexity index is 610. The van der Waals surface area contributed by atoms with Gasteiger partial charge in [-0.15, -0.1) is 10.2 Å². The maximum Gasteiger partial charge on any atom is 0.220 e. The van der Waals surface area contributed by atoms with Crippen LogP contribution in [-0.2, 0) is 11.2 Å². The van der Waals surface area contributed by atoms with Crippen molar-refractivity contribution in [2.45, 2.75) is 39.2 Å². The van der Waals surface area contributed by atoms with Crippen molar-refractivity contribution in [2.24, 2.45) is 5.92 Å². The van der Waals surface area contributed by atoms with E-state index in [0.29, 0.717) is 25.8 Å². The maximum absolute atomic E-state index is 11.9. The Morgan fingerprint density at radius 2 is 2.04 bits per heavy atom. The molecule has 1 heterocycles. The minimum Gasteiger partial charge on any atom is -0.393 e. The van der Waals surface area contributed by atoms with Crippen LogP contribution in [0.25, 0.3) is 5.69 Å². The number of aliphatic hydroxyl groups is 1. The summed E-state index contributed by atoms with van der Waals surface area (Å²) in [5.74, 6) is 0.924. The van der Waals surface area contributed by atoms with E-state index in [4.69, 9.17) is 0 Å². The maximum atomic E-state index is 11.9. The molecule has 124 valence electrons. The van der Waals surface area contributed by atoms with Gasteiger partial charge in [0.05, 0.1) is 6.10 Å². The van der Waals surface area contributed by atoms with Gasteiger partial charge in [0.25, 0.3) is 0 Å². The highest BCUT2D eigenvalue weighted by Gasteiger charge is 2.11. The number of aromatic nitrogens is 3. The van der Waals surface area contributed by atoms with E-state index in [0.717, 1.165) is 11.5 Å². The van der Waals surface area contributed by atoms with Crippen molar-refractivity contribution in [3.8, 4) is 5.69 Å². The second-order valence-electron chi connectivity index (χ2n) is 5.90. The van der Waals surface area contributed by atoms with Crippen LogP contribution in [0.5, 0.6) is 0 Å². The van der Waals surface area contributed by atoms with Crippen LogP contribution in [0.2, 0.25) is 0 Å². The zero-order valence-corrected chi connectivity index (χ0v) is 13.6. The lowest BCUT2D eigenvalue weighted by molar-refractivity contribution is -0.121. The van der Waals surface area contributed by atoms with Gasteiger partial charge in [0.2, 0.25) is 5.91 Å². The topological polar surface area (TPSA) is 80.0 Å². The Morgan fingerprint density at radius 3 is 2.74 bits per heavy atom. The summed E-state index contributed by atoms with van der Waals surface area (Å²) in [6.07, 6.45) is 2.72. The highest BCUT2D eigenvalue weighted by molar-refractivity contribution is 5.76. The molecule has 0 spiro atoms. The van der Waals surface area contributed by atoms with Crippen LogP contribution >= 0.6 is 0 Å². The largest absolute Gasteiger partial charge is 0.393 e. The predicted molar refractivity (Wildman–Crippen MR) is 88.2 cm³/mol. The molecule has 1 aromatic heterocycles. The first-order valence-electron chi connectivity index (χ1n) is 7.97. The van der Waals surface area contributed by atoms with Crippen molar-refractivity contribution in [3.05, 3.63) is 42.5 Å². The van der Waals surface area contributed by atoms with Crippen LogP contribution < -0.4 is 5.32 Å². The molecule has 2 N–H and O–H groups in total. The number of nitrogens with zero attached hydrogens (tertiary/aromatic N) is 3. The summed E-state index contributed by atoms with van der Waals surface area (Å²) in [6, 6.07) is 9.80. The summed E-state index contributed by atoms with van der Waals surface area (Å²) in [4.78, 5) is 11.9. The number of nitrogens with one attached hydrogen (secondary N) is 1. The molecule has 0 saturated carbocycles. The van der Waals surface area contributed by atoms with Crippen molar-refractivity contribution < 1.29 is 9.90 Å². The van der Waals surface area contributed by atoms with Crippen LogP contribution in [0.1, 0.15) is 32.5 Å². The third-order valence-electron chi connectivity index (χ3n) is 3.76. The normalized spacial score (nSPS) is 12.3. The van der Waals surface area contributed by atoms with Crippen molar-refractivity contribution in [1.82, 2.24) is 20.1 Å².